The van der Waals surface area contributed by atoms with Crippen LogP contribution in [-0.4, -0.2) is 82.5 Å². The molecule has 1 fully saturated rings. The first kappa shape index (κ1) is 29.2. The second-order valence-corrected chi connectivity index (χ2v) is 11.2. The van der Waals surface area contributed by atoms with E-state index in [1.807, 2.05) is 18.2 Å². The summed E-state index contributed by atoms with van der Waals surface area (Å²) < 4.78 is 14.6. The standard InChI is InChI=1S/C31H38FN9O/c1-6-31(2,23-9-7-8-22-27(29(42)33-3)24(32)17-34-28(22)23)18-37-26-14-25(38-19-39-26)20-15-35-30(36-16-20)41(5)21-10-12-40(4)13-11-21/h7-9,14-17,19,21H,6,10-13,18H2,1-5H3,(H,33,42)(H,37,38,39). The highest BCUT2D eigenvalue weighted by Crippen LogP contribution is 2.34. The maximum absolute atomic E-state index is 14.6. The lowest BCUT2D eigenvalue weighted by atomic mass is 9.78. The lowest BCUT2D eigenvalue weighted by Crippen LogP contribution is -2.42. The van der Waals surface area contributed by atoms with Crippen LogP contribution in [-0.2, 0) is 5.41 Å². The summed E-state index contributed by atoms with van der Waals surface area (Å²) in [5.74, 6) is 0.252. The fraction of sp³-hybridized carbons (Fsp3) is 0.419. The number of para-hydroxylation sites is 1. The van der Waals surface area contributed by atoms with Crippen LogP contribution >= 0.6 is 0 Å². The van der Waals surface area contributed by atoms with Crippen molar-refractivity contribution in [1.82, 2.24) is 35.1 Å². The van der Waals surface area contributed by atoms with Crippen LogP contribution in [0.2, 0.25) is 0 Å². The third kappa shape index (κ3) is 5.87. The zero-order chi connectivity index (χ0) is 29.9. The molecule has 1 unspecified atom stereocenters. The summed E-state index contributed by atoms with van der Waals surface area (Å²) in [7, 11) is 5.70. The van der Waals surface area contributed by atoms with Crippen molar-refractivity contribution < 1.29 is 9.18 Å². The molecule has 5 rings (SSSR count). The number of carbonyl (C=O) groups excluding carboxylic acids is 1. The number of nitrogens with one attached hydrogen (secondary N) is 2. The van der Waals surface area contributed by atoms with Gasteiger partial charge in [-0.1, -0.05) is 32.0 Å². The molecule has 0 radical (unpaired) electrons. The minimum atomic E-state index is -0.644. The van der Waals surface area contributed by atoms with Crippen LogP contribution in [0.25, 0.3) is 22.2 Å². The fourth-order valence-electron chi connectivity index (χ4n) is 5.53. The van der Waals surface area contributed by atoms with Gasteiger partial charge in [-0.3, -0.25) is 9.78 Å². The maximum Gasteiger partial charge on any atom is 0.254 e. The molecule has 3 aromatic heterocycles. The van der Waals surface area contributed by atoms with Gasteiger partial charge in [-0.25, -0.2) is 24.3 Å². The van der Waals surface area contributed by atoms with Gasteiger partial charge >= 0.3 is 0 Å². The van der Waals surface area contributed by atoms with Gasteiger partial charge in [-0.15, -0.1) is 0 Å². The van der Waals surface area contributed by atoms with E-state index in [2.05, 4.69) is 73.3 Å². The predicted octanol–water partition coefficient (Wildman–Crippen LogP) is 4.29. The molecule has 0 spiro atoms. The van der Waals surface area contributed by atoms with Crippen LogP contribution in [0.3, 0.4) is 0 Å². The minimum Gasteiger partial charge on any atom is -0.369 e. The van der Waals surface area contributed by atoms with Gasteiger partial charge < -0.3 is 20.4 Å². The topological polar surface area (TPSA) is 112 Å². The van der Waals surface area contributed by atoms with Crippen molar-refractivity contribution >= 4 is 28.6 Å². The van der Waals surface area contributed by atoms with E-state index in [-0.39, 0.29) is 5.56 Å². The van der Waals surface area contributed by atoms with Gasteiger partial charge in [0.2, 0.25) is 5.95 Å². The second-order valence-electron chi connectivity index (χ2n) is 11.2. The van der Waals surface area contributed by atoms with Gasteiger partial charge in [-0.2, -0.15) is 0 Å². The number of amides is 1. The first-order valence-electron chi connectivity index (χ1n) is 14.3. The van der Waals surface area contributed by atoms with Crippen molar-refractivity contribution in [2.45, 2.75) is 44.6 Å². The van der Waals surface area contributed by atoms with E-state index < -0.39 is 17.1 Å². The van der Waals surface area contributed by atoms with Gasteiger partial charge in [0.15, 0.2) is 5.82 Å². The fourth-order valence-corrected chi connectivity index (χ4v) is 5.53. The van der Waals surface area contributed by atoms with Gasteiger partial charge in [0, 0.05) is 61.5 Å². The molecule has 220 valence electrons. The Morgan fingerprint density at radius 2 is 1.86 bits per heavy atom. The monoisotopic (exact) mass is 571 g/mol. The number of pyridine rings is 1. The Hall–Kier alpha value is -4.25. The maximum atomic E-state index is 14.6. The number of nitrogens with zero attached hydrogens (tertiary/aromatic N) is 7. The molecule has 10 nitrogen and oxygen atoms in total. The normalized spacial score (nSPS) is 15.8. The Balaban J connectivity index is 1.34. The van der Waals surface area contributed by atoms with Crippen molar-refractivity contribution in [3.8, 4) is 11.3 Å². The molecule has 4 heterocycles. The summed E-state index contributed by atoms with van der Waals surface area (Å²) in [5, 5.41) is 6.48. The number of rotatable bonds is 9. The van der Waals surface area contributed by atoms with E-state index >= 15 is 0 Å². The zero-order valence-corrected chi connectivity index (χ0v) is 24.9. The highest BCUT2D eigenvalue weighted by atomic mass is 19.1. The minimum absolute atomic E-state index is 0.00183. The summed E-state index contributed by atoms with van der Waals surface area (Å²) in [5.41, 5.74) is 2.67. The van der Waals surface area contributed by atoms with Crippen molar-refractivity contribution in [3.05, 3.63) is 66.1 Å². The summed E-state index contributed by atoms with van der Waals surface area (Å²) in [6.07, 6.45) is 9.22. The molecule has 1 aliphatic rings. The molecule has 1 aromatic carbocycles. The number of hydrogen-bond donors (Lipinski definition) is 2. The van der Waals surface area contributed by atoms with Crippen molar-refractivity contribution in [3.63, 3.8) is 0 Å². The Kier molecular flexibility index (Phi) is 8.58. The number of piperidine rings is 1. The highest BCUT2D eigenvalue weighted by molar-refractivity contribution is 6.06. The third-order valence-corrected chi connectivity index (χ3v) is 8.55. The van der Waals surface area contributed by atoms with Crippen LogP contribution < -0.4 is 15.5 Å². The van der Waals surface area contributed by atoms with Gasteiger partial charge in [0.1, 0.15) is 12.1 Å². The molecule has 0 aliphatic carbocycles. The van der Waals surface area contributed by atoms with Crippen molar-refractivity contribution in [2.75, 3.05) is 51.0 Å². The molecule has 0 bridgehead atoms. The molecule has 2 N–H and O–H groups in total. The summed E-state index contributed by atoms with van der Waals surface area (Å²) in [6.45, 7) is 6.90. The van der Waals surface area contributed by atoms with Gasteiger partial charge in [0.25, 0.3) is 5.91 Å². The van der Waals surface area contributed by atoms with Gasteiger partial charge in [0.05, 0.1) is 23.0 Å². The van der Waals surface area contributed by atoms with E-state index in [1.165, 1.54) is 13.4 Å². The second kappa shape index (κ2) is 12.3. The van der Waals surface area contributed by atoms with E-state index in [1.54, 1.807) is 18.5 Å². The highest BCUT2D eigenvalue weighted by Gasteiger charge is 2.29. The number of aromatic nitrogens is 5. The first-order chi connectivity index (χ1) is 20.2. The number of hydrogen-bond acceptors (Lipinski definition) is 9. The summed E-state index contributed by atoms with van der Waals surface area (Å²) >= 11 is 0. The summed E-state index contributed by atoms with van der Waals surface area (Å²) in [6, 6.07) is 7.88. The number of carbonyl (C=O) groups is 1. The van der Waals surface area contributed by atoms with E-state index in [9.17, 15) is 9.18 Å². The molecule has 1 amide bonds. The molecule has 0 saturated carbocycles. The number of likely N-dealkylation sites (tertiary alicyclic amines) is 1. The Bertz CT molecular complexity index is 1560. The predicted molar refractivity (Wildman–Crippen MR) is 163 cm³/mol. The van der Waals surface area contributed by atoms with E-state index in [0.29, 0.717) is 35.3 Å². The van der Waals surface area contributed by atoms with Crippen LogP contribution in [0.1, 0.15) is 49.0 Å². The smallest absolute Gasteiger partial charge is 0.254 e. The number of fused-ring (bicyclic) bond motifs is 1. The molecular weight excluding hydrogens is 533 g/mol. The van der Waals surface area contributed by atoms with Crippen molar-refractivity contribution in [1.29, 1.82) is 0 Å². The largest absolute Gasteiger partial charge is 0.369 e. The van der Waals surface area contributed by atoms with E-state index in [4.69, 9.17) is 0 Å². The van der Waals surface area contributed by atoms with Crippen LogP contribution in [0.5, 0.6) is 0 Å². The Labute approximate surface area is 245 Å². The van der Waals surface area contributed by atoms with Gasteiger partial charge in [-0.05, 0) is 45.0 Å². The SMILES string of the molecule is CCC(C)(CNc1cc(-c2cnc(N(C)C3CCN(C)CC3)nc2)ncn1)c1cccc2c(C(=O)NC)c(F)cnc12. The molecule has 11 heteroatoms. The molecule has 1 atom stereocenters. The molecule has 1 saturated heterocycles. The van der Waals surface area contributed by atoms with Crippen molar-refractivity contribution in [2.24, 2.45) is 0 Å². The molecule has 1 aliphatic heterocycles. The number of anilines is 2. The quantitative estimate of drug-likeness (QED) is 0.304. The lowest BCUT2D eigenvalue weighted by molar-refractivity contribution is 0.0960. The number of halogens is 1. The van der Waals surface area contributed by atoms with Crippen LogP contribution in [0, 0.1) is 5.82 Å². The third-order valence-electron chi connectivity index (χ3n) is 8.55. The summed E-state index contributed by atoms with van der Waals surface area (Å²) in [4.78, 5) is 39.5. The molecule has 42 heavy (non-hydrogen) atoms. The van der Waals surface area contributed by atoms with Crippen LogP contribution in [0.4, 0.5) is 16.2 Å². The average Bonchev–Trinajstić information content (AvgIpc) is 3.03. The molecular formula is C31H38FN9O. The average molecular weight is 572 g/mol. The zero-order valence-electron chi connectivity index (χ0n) is 24.9. The Morgan fingerprint density at radius 1 is 1.12 bits per heavy atom. The molecule has 4 aromatic rings. The Morgan fingerprint density at radius 3 is 2.55 bits per heavy atom. The lowest BCUT2D eigenvalue weighted by Gasteiger charge is -2.35. The first-order valence-corrected chi connectivity index (χ1v) is 14.3. The number of benzene rings is 1. The van der Waals surface area contributed by atoms with E-state index in [0.717, 1.165) is 55.4 Å². The van der Waals surface area contributed by atoms with Crippen LogP contribution in [0.15, 0.2) is 49.2 Å².